The van der Waals surface area contributed by atoms with Crippen LogP contribution in [0, 0.1) is 0 Å². The largest absolute Gasteiger partial charge is 0.494 e. The van der Waals surface area contributed by atoms with E-state index in [1.807, 2.05) is 43.1 Å². The molecule has 7 heteroatoms. The Bertz CT molecular complexity index is 732. The van der Waals surface area contributed by atoms with Gasteiger partial charge in [0, 0.05) is 46.1 Å². The summed E-state index contributed by atoms with van der Waals surface area (Å²) in [4.78, 5) is 22.2. The summed E-state index contributed by atoms with van der Waals surface area (Å²) in [5, 5.41) is 6.11. The first-order chi connectivity index (χ1) is 13.1. The average Bonchev–Trinajstić information content (AvgIpc) is 2.70. The Kier molecular flexibility index (Phi) is 8.09. The molecule has 0 spiro atoms. The Morgan fingerprint density at radius 1 is 1.19 bits per heavy atom. The van der Waals surface area contributed by atoms with Gasteiger partial charge < -0.3 is 20.3 Å². The van der Waals surface area contributed by atoms with Crippen LogP contribution in [0.3, 0.4) is 0 Å². The summed E-state index contributed by atoms with van der Waals surface area (Å²) in [5.74, 6) is 1.50. The maximum atomic E-state index is 12.0. The van der Waals surface area contributed by atoms with Gasteiger partial charge in [-0.05, 0) is 36.8 Å². The van der Waals surface area contributed by atoms with Crippen molar-refractivity contribution in [1.29, 1.82) is 0 Å². The molecule has 0 radical (unpaired) electrons. The van der Waals surface area contributed by atoms with Crippen LogP contribution in [-0.4, -0.2) is 55.5 Å². The summed E-state index contributed by atoms with van der Waals surface area (Å²) >= 11 is 0. The third-order valence-corrected chi connectivity index (χ3v) is 3.84. The lowest BCUT2D eigenvalue weighted by Crippen LogP contribution is -2.42. The Morgan fingerprint density at radius 2 is 1.93 bits per heavy atom. The van der Waals surface area contributed by atoms with Gasteiger partial charge in [0.1, 0.15) is 5.75 Å². The second kappa shape index (κ2) is 10.8. The number of amides is 1. The molecular weight excluding hydrogens is 342 g/mol. The van der Waals surface area contributed by atoms with E-state index in [9.17, 15) is 4.79 Å². The molecule has 2 rings (SSSR count). The van der Waals surface area contributed by atoms with Crippen LogP contribution in [0.1, 0.15) is 22.8 Å². The molecule has 0 aliphatic rings. The molecule has 1 amide bonds. The quantitative estimate of drug-likeness (QED) is 0.422. The number of carbonyl (C=O) groups is 1. The molecule has 0 saturated heterocycles. The van der Waals surface area contributed by atoms with Crippen LogP contribution >= 0.6 is 0 Å². The van der Waals surface area contributed by atoms with Crippen molar-refractivity contribution >= 4 is 11.9 Å². The van der Waals surface area contributed by atoms with E-state index >= 15 is 0 Å². The maximum Gasteiger partial charge on any atom is 0.252 e. The number of ether oxygens (including phenoxy) is 1. The van der Waals surface area contributed by atoms with Gasteiger partial charge in [0.05, 0.1) is 12.2 Å². The third-order valence-electron chi connectivity index (χ3n) is 3.84. The fourth-order valence-electron chi connectivity index (χ4n) is 2.54. The zero-order valence-corrected chi connectivity index (χ0v) is 16.1. The van der Waals surface area contributed by atoms with Gasteiger partial charge >= 0.3 is 0 Å². The highest BCUT2D eigenvalue weighted by atomic mass is 16.5. The highest BCUT2D eigenvalue weighted by Gasteiger charge is 2.08. The normalized spacial score (nSPS) is 11.0. The van der Waals surface area contributed by atoms with Gasteiger partial charge in [0.25, 0.3) is 5.91 Å². The first-order valence-electron chi connectivity index (χ1n) is 8.95. The molecule has 2 aromatic rings. The van der Waals surface area contributed by atoms with Crippen molar-refractivity contribution in [3.05, 3.63) is 59.9 Å². The summed E-state index contributed by atoms with van der Waals surface area (Å²) in [6.45, 7) is 4.41. The van der Waals surface area contributed by atoms with Gasteiger partial charge in [-0.2, -0.15) is 0 Å². The van der Waals surface area contributed by atoms with Crippen molar-refractivity contribution in [2.24, 2.45) is 4.99 Å². The second-order valence-corrected chi connectivity index (χ2v) is 5.90. The number of carbonyl (C=O) groups excluding carboxylic acids is 1. The molecule has 0 saturated carbocycles. The van der Waals surface area contributed by atoms with Crippen molar-refractivity contribution in [2.45, 2.75) is 13.5 Å². The first-order valence-corrected chi connectivity index (χ1v) is 8.95. The van der Waals surface area contributed by atoms with Gasteiger partial charge in [0.15, 0.2) is 5.96 Å². The summed E-state index contributed by atoms with van der Waals surface area (Å²) in [5.41, 5.74) is 1.71. The Hall–Kier alpha value is -3.09. The predicted molar refractivity (Wildman–Crippen MR) is 107 cm³/mol. The number of hydrogen-bond acceptors (Lipinski definition) is 4. The van der Waals surface area contributed by atoms with Crippen LogP contribution in [0.5, 0.6) is 5.75 Å². The number of aromatic nitrogens is 1. The number of nitrogens with one attached hydrogen (secondary N) is 2. The molecule has 1 aromatic heterocycles. The summed E-state index contributed by atoms with van der Waals surface area (Å²) < 4.78 is 5.46. The number of pyridine rings is 1. The van der Waals surface area contributed by atoms with E-state index in [4.69, 9.17) is 4.74 Å². The second-order valence-electron chi connectivity index (χ2n) is 5.90. The Labute approximate surface area is 160 Å². The molecule has 27 heavy (non-hydrogen) atoms. The van der Waals surface area contributed by atoms with Gasteiger partial charge in [0.2, 0.25) is 0 Å². The fourth-order valence-corrected chi connectivity index (χ4v) is 2.54. The fraction of sp³-hybridized carbons (Fsp3) is 0.350. The van der Waals surface area contributed by atoms with E-state index in [1.54, 1.807) is 31.6 Å². The van der Waals surface area contributed by atoms with E-state index in [-0.39, 0.29) is 5.91 Å². The number of benzene rings is 1. The molecule has 0 bridgehead atoms. The van der Waals surface area contributed by atoms with Crippen molar-refractivity contribution < 1.29 is 9.53 Å². The molecule has 0 aliphatic heterocycles. The highest BCUT2D eigenvalue weighted by molar-refractivity contribution is 5.93. The van der Waals surface area contributed by atoms with E-state index in [1.165, 1.54) is 0 Å². The average molecular weight is 369 g/mol. The van der Waals surface area contributed by atoms with Crippen molar-refractivity contribution in [3.63, 3.8) is 0 Å². The molecule has 1 aromatic carbocycles. The Morgan fingerprint density at radius 3 is 2.56 bits per heavy atom. The number of hydrogen-bond donors (Lipinski definition) is 2. The maximum absolute atomic E-state index is 12.0. The van der Waals surface area contributed by atoms with Crippen LogP contribution < -0.4 is 15.4 Å². The van der Waals surface area contributed by atoms with Crippen LogP contribution in [-0.2, 0) is 6.54 Å². The summed E-state index contributed by atoms with van der Waals surface area (Å²) in [6, 6.07) is 11.5. The smallest absolute Gasteiger partial charge is 0.252 e. The van der Waals surface area contributed by atoms with Crippen LogP contribution in [0.2, 0.25) is 0 Å². The molecule has 0 atom stereocenters. The van der Waals surface area contributed by atoms with Crippen LogP contribution in [0.15, 0.2) is 53.8 Å². The zero-order valence-electron chi connectivity index (χ0n) is 16.1. The van der Waals surface area contributed by atoms with E-state index in [0.29, 0.717) is 31.8 Å². The molecular formula is C20H27N5O2. The third kappa shape index (κ3) is 6.62. The molecule has 0 aliphatic carbocycles. The first kappa shape index (κ1) is 20.2. The molecule has 7 nitrogen and oxygen atoms in total. The SMILES string of the molecule is CCOc1ccc(CN(C)C(=NC)NCCNC(=O)c2cccnc2)cc1. The highest BCUT2D eigenvalue weighted by Crippen LogP contribution is 2.13. The van der Waals surface area contributed by atoms with E-state index in [0.717, 1.165) is 17.3 Å². The minimum atomic E-state index is -0.136. The van der Waals surface area contributed by atoms with Crippen LogP contribution in [0.25, 0.3) is 0 Å². The summed E-state index contributed by atoms with van der Waals surface area (Å²) in [7, 11) is 3.71. The predicted octanol–water partition coefficient (Wildman–Crippen LogP) is 1.92. The number of guanidine groups is 1. The lowest BCUT2D eigenvalue weighted by molar-refractivity contribution is 0.0954. The van der Waals surface area contributed by atoms with Gasteiger partial charge in [-0.3, -0.25) is 14.8 Å². The van der Waals surface area contributed by atoms with Crippen LogP contribution in [0.4, 0.5) is 0 Å². The minimum absolute atomic E-state index is 0.136. The van der Waals surface area contributed by atoms with Crippen molar-refractivity contribution in [3.8, 4) is 5.75 Å². The Balaban J connectivity index is 1.76. The molecule has 0 unspecified atom stereocenters. The monoisotopic (exact) mass is 369 g/mol. The topological polar surface area (TPSA) is 78.9 Å². The van der Waals surface area contributed by atoms with Gasteiger partial charge in [-0.1, -0.05) is 12.1 Å². The standard InChI is InChI=1S/C20H27N5O2/c1-4-27-18-9-7-16(8-10-18)15-25(3)20(21-2)24-13-12-23-19(26)17-6-5-11-22-14-17/h5-11,14H,4,12-13,15H2,1-3H3,(H,21,24)(H,23,26). The lowest BCUT2D eigenvalue weighted by atomic mass is 10.2. The minimum Gasteiger partial charge on any atom is -0.494 e. The van der Waals surface area contributed by atoms with Crippen molar-refractivity contribution in [1.82, 2.24) is 20.5 Å². The summed E-state index contributed by atoms with van der Waals surface area (Å²) in [6.07, 6.45) is 3.19. The zero-order chi connectivity index (χ0) is 19.5. The number of aliphatic imine (C=N–C) groups is 1. The van der Waals surface area contributed by atoms with E-state index in [2.05, 4.69) is 20.6 Å². The van der Waals surface area contributed by atoms with Gasteiger partial charge in [-0.15, -0.1) is 0 Å². The molecule has 0 fully saturated rings. The number of nitrogens with zero attached hydrogens (tertiary/aromatic N) is 3. The molecule has 2 N–H and O–H groups in total. The van der Waals surface area contributed by atoms with Gasteiger partial charge in [-0.25, -0.2) is 0 Å². The molecule has 144 valence electrons. The number of rotatable bonds is 8. The molecule has 1 heterocycles. The van der Waals surface area contributed by atoms with Crippen molar-refractivity contribution in [2.75, 3.05) is 33.8 Å². The lowest BCUT2D eigenvalue weighted by Gasteiger charge is -2.22. The van der Waals surface area contributed by atoms with E-state index < -0.39 is 0 Å².